The lowest BCUT2D eigenvalue weighted by molar-refractivity contribution is 0.110. The van der Waals surface area contributed by atoms with E-state index in [-0.39, 0.29) is 0 Å². The molecule has 0 N–H and O–H groups in total. The summed E-state index contributed by atoms with van der Waals surface area (Å²) in [5.74, 6) is 11.0. The van der Waals surface area contributed by atoms with Crippen LogP contribution in [0, 0.1) is 29.6 Å². The Hall–Kier alpha value is -1.46. The van der Waals surface area contributed by atoms with Gasteiger partial charge in [-0.05, 0) is 92.6 Å². The maximum Gasteiger partial charge on any atom is 0.122 e. The van der Waals surface area contributed by atoms with Gasteiger partial charge in [-0.25, -0.2) is 0 Å². The van der Waals surface area contributed by atoms with E-state index in [1.165, 1.54) is 57.2 Å². The summed E-state index contributed by atoms with van der Waals surface area (Å²) in [6, 6.07) is 7.42. The number of fused-ring (bicyclic) bond motifs is 2. The molecule has 0 unspecified atom stereocenters. The monoisotopic (exact) mass is 365 g/mol. The molecule has 2 heteroatoms. The Morgan fingerprint density at radius 2 is 1.93 bits per heavy atom. The molecule has 2 nitrogen and oxygen atoms in total. The summed E-state index contributed by atoms with van der Waals surface area (Å²) < 4.78 is 5.70. The molecule has 2 bridgehead atoms. The van der Waals surface area contributed by atoms with E-state index in [2.05, 4.69) is 48.8 Å². The normalized spacial score (nSPS) is 28.4. The fourth-order valence-corrected chi connectivity index (χ4v) is 5.69. The van der Waals surface area contributed by atoms with Crippen molar-refractivity contribution in [3.05, 3.63) is 29.3 Å². The van der Waals surface area contributed by atoms with Gasteiger partial charge in [-0.15, -0.1) is 0 Å². The Bertz CT molecular complexity index is 705. The van der Waals surface area contributed by atoms with Gasteiger partial charge in [-0.2, -0.15) is 0 Å². The Morgan fingerprint density at radius 1 is 1.11 bits per heavy atom. The van der Waals surface area contributed by atoms with Crippen LogP contribution in [0.5, 0.6) is 5.75 Å². The maximum atomic E-state index is 5.70. The summed E-state index contributed by atoms with van der Waals surface area (Å²) in [5, 5.41) is 0. The standard InChI is InChI=1S/C25H35NO/c1-18(2)5-4-6-19-8-10-25(27-3)23(16-19)21-11-13-26(14-12-21)24-17-20-7-9-22(24)15-20/h8,10,16,18,20-22,24H,5,7,9,11-15,17H2,1-3H3/t20-,22-,24-/m0/s1. The zero-order valence-electron chi connectivity index (χ0n) is 17.3. The van der Waals surface area contributed by atoms with Crippen LogP contribution in [0.3, 0.4) is 0 Å². The lowest BCUT2D eigenvalue weighted by Crippen LogP contribution is -2.43. The molecule has 3 fully saturated rings. The second kappa shape index (κ2) is 8.27. The van der Waals surface area contributed by atoms with Gasteiger partial charge in [0, 0.05) is 18.0 Å². The molecule has 0 radical (unpaired) electrons. The van der Waals surface area contributed by atoms with Gasteiger partial charge < -0.3 is 9.64 Å². The highest BCUT2D eigenvalue weighted by molar-refractivity contribution is 5.46. The molecule has 1 aromatic rings. The number of benzene rings is 1. The number of likely N-dealkylation sites (tertiary alicyclic amines) is 1. The third-order valence-electron chi connectivity index (χ3n) is 7.11. The fraction of sp³-hybridized carbons (Fsp3) is 0.680. The molecular formula is C25H35NO. The van der Waals surface area contributed by atoms with Gasteiger partial charge in [-0.1, -0.05) is 32.1 Å². The molecule has 0 aromatic heterocycles. The third-order valence-corrected chi connectivity index (χ3v) is 7.11. The number of hydrogen-bond donors (Lipinski definition) is 0. The van der Waals surface area contributed by atoms with Gasteiger partial charge in [0.15, 0.2) is 0 Å². The molecule has 3 aliphatic rings. The van der Waals surface area contributed by atoms with E-state index in [0.717, 1.165) is 35.6 Å². The van der Waals surface area contributed by atoms with Crippen molar-refractivity contribution < 1.29 is 4.74 Å². The number of ether oxygens (including phenoxy) is 1. The van der Waals surface area contributed by atoms with Crippen LogP contribution in [0.1, 0.15) is 75.8 Å². The zero-order valence-corrected chi connectivity index (χ0v) is 17.3. The third kappa shape index (κ3) is 4.19. The Morgan fingerprint density at radius 3 is 2.56 bits per heavy atom. The Balaban J connectivity index is 1.42. The molecule has 3 atom stereocenters. The molecule has 27 heavy (non-hydrogen) atoms. The molecule has 1 aromatic carbocycles. The number of methoxy groups -OCH3 is 1. The summed E-state index contributed by atoms with van der Waals surface area (Å²) >= 11 is 0. The van der Waals surface area contributed by atoms with E-state index in [1.807, 2.05) is 0 Å². The van der Waals surface area contributed by atoms with E-state index in [9.17, 15) is 0 Å². The Kier molecular flexibility index (Phi) is 5.79. The molecule has 146 valence electrons. The lowest BCUT2D eigenvalue weighted by atomic mass is 9.85. The first-order valence-corrected chi connectivity index (χ1v) is 11.0. The molecule has 2 saturated carbocycles. The summed E-state index contributed by atoms with van der Waals surface area (Å²) in [6.07, 6.45) is 9.44. The fourth-order valence-electron chi connectivity index (χ4n) is 5.69. The number of rotatable bonds is 4. The summed E-state index contributed by atoms with van der Waals surface area (Å²) in [4.78, 5) is 2.82. The number of piperidine rings is 1. The van der Waals surface area contributed by atoms with Gasteiger partial charge in [0.1, 0.15) is 5.75 Å². The largest absolute Gasteiger partial charge is 0.496 e. The van der Waals surface area contributed by atoms with Crippen molar-refractivity contribution in [2.75, 3.05) is 20.2 Å². The van der Waals surface area contributed by atoms with Gasteiger partial charge in [0.2, 0.25) is 0 Å². The Labute approximate surface area is 165 Å². The summed E-state index contributed by atoms with van der Waals surface area (Å²) in [6.45, 7) is 6.95. The van der Waals surface area contributed by atoms with Crippen molar-refractivity contribution in [1.82, 2.24) is 4.90 Å². The quantitative estimate of drug-likeness (QED) is 0.657. The summed E-state index contributed by atoms with van der Waals surface area (Å²) in [5.41, 5.74) is 2.52. The van der Waals surface area contributed by atoms with Gasteiger partial charge in [0.05, 0.1) is 7.11 Å². The predicted molar refractivity (Wildman–Crippen MR) is 112 cm³/mol. The second-order valence-corrected chi connectivity index (χ2v) is 9.41. The maximum absolute atomic E-state index is 5.70. The molecule has 1 saturated heterocycles. The molecule has 0 spiro atoms. The van der Waals surface area contributed by atoms with Crippen molar-refractivity contribution in [3.63, 3.8) is 0 Å². The summed E-state index contributed by atoms with van der Waals surface area (Å²) in [7, 11) is 1.80. The molecule has 4 rings (SSSR count). The van der Waals surface area contributed by atoms with Crippen LogP contribution in [-0.2, 0) is 0 Å². The minimum atomic E-state index is 0.613. The van der Waals surface area contributed by atoms with Crippen LogP contribution in [0.4, 0.5) is 0 Å². The molecule has 1 aliphatic heterocycles. The van der Waals surface area contributed by atoms with Crippen LogP contribution in [-0.4, -0.2) is 31.1 Å². The van der Waals surface area contributed by atoms with Crippen LogP contribution in [0.15, 0.2) is 18.2 Å². The van der Waals surface area contributed by atoms with Crippen molar-refractivity contribution >= 4 is 0 Å². The van der Waals surface area contributed by atoms with Gasteiger partial charge in [0.25, 0.3) is 0 Å². The molecule has 1 heterocycles. The van der Waals surface area contributed by atoms with Crippen molar-refractivity contribution in [2.24, 2.45) is 17.8 Å². The van der Waals surface area contributed by atoms with Crippen LogP contribution in [0.25, 0.3) is 0 Å². The van der Waals surface area contributed by atoms with E-state index < -0.39 is 0 Å². The van der Waals surface area contributed by atoms with E-state index in [1.54, 1.807) is 7.11 Å². The van der Waals surface area contributed by atoms with Gasteiger partial charge >= 0.3 is 0 Å². The molecule has 0 amide bonds. The first-order chi connectivity index (χ1) is 13.1. The highest BCUT2D eigenvalue weighted by Gasteiger charge is 2.43. The smallest absolute Gasteiger partial charge is 0.122 e. The van der Waals surface area contributed by atoms with Crippen LogP contribution in [0.2, 0.25) is 0 Å². The minimum Gasteiger partial charge on any atom is -0.496 e. The zero-order chi connectivity index (χ0) is 18.8. The highest BCUT2D eigenvalue weighted by atomic mass is 16.5. The average molecular weight is 366 g/mol. The van der Waals surface area contributed by atoms with E-state index >= 15 is 0 Å². The first kappa shape index (κ1) is 18.9. The number of nitrogens with zero attached hydrogens (tertiary/aromatic N) is 1. The van der Waals surface area contributed by atoms with E-state index in [4.69, 9.17) is 4.74 Å². The van der Waals surface area contributed by atoms with Crippen molar-refractivity contribution in [1.29, 1.82) is 0 Å². The van der Waals surface area contributed by atoms with Crippen molar-refractivity contribution in [2.45, 2.75) is 70.8 Å². The van der Waals surface area contributed by atoms with E-state index in [0.29, 0.717) is 11.8 Å². The highest BCUT2D eigenvalue weighted by Crippen LogP contribution is 2.47. The minimum absolute atomic E-state index is 0.613. The SMILES string of the molecule is COc1ccc(C#CCC(C)C)cc1C1CCN([C@H]2C[C@H]3CC[C@H]2C3)CC1. The second-order valence-electron chi connectivity index (χ2n) is 9.41. The topological polar surface area (TPSA) is 12.5 Å². The number of hydrogen-bond acceptors (Lipinski definition) is 2. The lowest BCUT2D eigenvalue weighted by Gasteiger charge is -2.40. The predicted octanol–water partition coefficient (Wildman–Crippen LogP) is 5.46. The average Bonchev–Trinajstić information content (AvgIpc) is 3.31. The molecular weight excluding hydrogens is 330 g/mol. The van der Waals surface area contributed by atoms with Gasteiger partial charge in [-0.3, -0.25) is 0 Å². The van der Waals surface area contributed by atoms with Crippen LogP contribution < -0.4 is 4.74 Å². The van der Waals surface area contributed by atoms with Crippen molar-refractivity contribution in [3.8, 4) is 17.6 Å². The molecule has 2 aliphatic carbocycles. The van der Waals surface area contributed by atoms with Crippen LogP contribution >= 0.6 is 0 Å². The first-order valence-electron chi connectivity index (χ1n) is 11.0.